The van der Waals surface area contributed by atoms with Gasteiger partial charge in [0.1, 0.15) is 0 Å². The lowest BCUT2D eigenvalue weighted by Gasteiger charge is -2.02. The summed E-state index contributed by atoms with van der Waals surface area (Å²) in [5.41, 5.74) is 0. The fourth-order valence-electron chi connectivity index (χ4n) is 1.29. The van der Waals surface area contributed by atoms with Crippen molar-refractivity contribution in [1.82, 2.24) is 0 Å². The molecule has 0 bridgehead atoms. The lowest BCUT2D eigenvalue weighted by Crippen LogP contribution is -2.12. The molecule has 0 radical (unpaired) electrons. The third kappa shape index (κ3) is 10.0. The quantitative estimate of drug-likeness (QED) is 0.356. The fraction of sp³-hybridized carbons (Fsp3) is 0.833. The monoisotopic (exact) mass is 246 g/mol. The van der Waals surface area contributed by atoms with Gasteiger partial charge in [0.15, 0.2) is 0 Å². The molecular weight excluding hydrogens is 224 g/mol. The first kappa shape index (κ1) is 15.5. The molecule has 0 aromatic heterocycles. The normalized spacial score (nSPS) is 10.1. The Labute approximate surface area is 102 Å². The van der Waals surface area contributed by atoms with Crippen LogP contribution in [0.5, 0.6) is 0 Å². The number of hydrogen-bond acceptors (Lipinski definition) is 4. The van der Waals surface area contributed by atoms with Crippen molar-refractivity contribution in [3.8, 4) is 0 Å². The van der Waals surface area contributed by atoms with Crippen LogP contribution in [0.1, 0.15) is 51.9 Å². The summed E-state index contributed by atoms with van der Waals surface area (Å²) in [7, 11) is 0. The minimum absolute atomic E-state index is 0.322. The highest BCUT2D eigenvalue weighted by Gasteiger charge is 2.09. The van der Waals surface area contributed by atoms with E-state index in [0.29, 0.717) is 18.6 Å². The van der Waals surface area contributed by atoms with Gasteiger partial charge in [0.25, 0.3) is 0 Å². The molecule has 0 fully saturated rings. The zero-order valence-electron chi connectivity index (χ0n) is 10.3. The molecule has 0 amide bonds. The summed E-state index contributed by atoms with van der Waals surface area (Å²) >= 11 is 1.57. The van der Waals surface area contributed by atoms with E-state index in [1.54, 1.807) is 11.8 Å². The number of rotatable bonds is 9. The number of carbonyl (C=O) groups excluding carboxylic acids is 2. The third-order valence-electron chi connectivity index (χ3n) is 2.22. The van der Waals surface area contributed by atoms with Crippen molar-refractivity contribution in [3.63, 3.8) is 0 Å². The zero-order valence-corrected chi connectivity index (χ0v) is 11.1. The molecule has 94 valence electrons. The first-order valence-electron chi connectivity index (χ1n) is 5.93. The van der Waals surface area contributed by atoms with Crippen molar-refractivity contribution >= 4 is 23.7 Å². The van der Waals surface area contributed by atoms with Gasteiger partial charge < -0.3 is 4.74 Å². The van der Waals surface area contributed by atoms with Crippen molar-refractivity contribution in [3.05, 3.63) is 0 Å². The van der Waals surface area contributed by atoms with Crippen LogP contribution < -0.4 is 0 Å². The van der Waals surface area contributed by atoms with Crippen molar-refractivity contribution in [1.29, 1.82) is 0 Å². The molecule has 3 nitrogen and oxygen atoms in total. The first-order chi connectivity index (χ1) is 7.70. The van der Waals surface area contributed by atoms with Crippen LogP contribution in [0, 0.1) is 0 Å². The standard InChI is InChI=1S/C12H22O3S/c1-3-4-5-6-7-8-11(13)15-12(14)9-10-16-2/h3-10H2,1-2H3. The SMILES string of the molecule is CCCCCCCC(=O)OC(=O)CCSC. The van der Waals surface area contributed by atoms with Crippen LogP contribution in [0.3, 0.4) is 0 Å². The van der Waals surface area contributed by atoms with Gasteiger partial charge in [0.2, 0.25) is 0 Å². The summed E-state index contributed by atoms with van der Waals surface area (Å²) in [4.78, 5) is 22.3. The van der Waals surface area contributed by atoms with E-state index in [2.05, 4.69) is 11.7 Å². The highest BCUT2D eigenvalue weighted by atomic mass is 32.2. The summed E-state index contributed by atoms with van der Waals surface area (Å²) in [6.45, 7) is 2.15. The van der Waals surface area contributed by atoms with Crippen LogP contribution in [-0.2, 0) is 14.3 Å². The summed E-state index contributed by atoms with van der Waals surface area (Å²) < 4.78 is 4.67. The lowest BCUT2D eigenvalue weighted by atomic mass is 10.1. The number of unbranched alkanes of at least 4 members (excludes halogenated alkanes) is 4. The Morgan fingerprint density at radius 2 is 1.62 bits per heavy atom. The number of hydrogen-bond donors (Lipinski definition) is 0. The van der Waals surface area contributed by atoms with Gasteiger partial charge in [-0.05, 0) is 12.7 Å². The van der Waals surface area contributed by atoms with Gasteiger partial charge in [0.05, 0.1) is 6.42 Å². The van der Waals surface area contributed by atoms with Crippen LogP contribution in [0.15, 0.2) is 0 Å². The fourth-order valence-corrected chi connectivity index (χ4v) is 1.66. The van der Waals surface area contributed by atoms with Crippen molar-refractivity contribution < 1.29 is 14.3 Å². The Morgan fingerprint density at radius 1 is 1.00 bits per heavy atom. The molecule has 0 rings (SSSR count). The maximum atomic E-state index is 11.2. The van der Waals surface area contributed by atoms with E-state index in [1.807, 2.05) is 6.26 Å². The second kappa shape index (κ2) is 11.0. The molecule has 0 aromatic carbocycles. The minimum Gasteiger partial charge on any atom is -0.393 e. The molecule has 0 heterocycles. The molecule has 0 aliphatic carbocycles. The van der Waals surface area contributed by atoms with Crippen LogP contribution in [0.4, 0.5) is 0 Å². The van der Waals surface area contributed by atoms with E-state index in [1.165, 1.54) is 12.8 Å². The van der Waals surface area contributed by atoms with E-state index in [0.717, 1.165) is 19.3 Å². The van der Waals surface area contributed by atoms with E-state index in [4.69, 9.17) is 0 Å². The van der Waals surface area contributed by atoms with E-state index < -0.39 is 5.97 Å². The van der Waals surface area contributed by atoms with E-state index >= 15 is 0 Å². The molecule has 0 spiro atoms. The summed E-state index contributed by atoms with van der Waals surface area (Å²) in [6.07, 6.45) is 8.04. The number of ether oxygens (including phenoxy) is 1. The first-order valence-corrected chi connectivity index (χ1v) is 7.32. The molecule has 16 heavy (non-hydrogen) atoms. The number of esters is 2. The predicted molar refractivity (Wildman–Crippen MR) is 67.5 cm³/mol. The molecule has 0 N–H and O–H groups in total. The van der Waals surface area contributed by atoms with Crippen molar-refractivity contribution in [2.24, 2.45) is 0 Å². The third-order valence-corrected chi connectivity index (χ3v) is 2.83. The van der Waals surface area contributed by atoms with Crippen LogP contribution in [0.2, 0.25) is 0 Å². The Balaban J connectivity index is 3.40. The van der Waals surface area contributed by atoms with Gasteiger partial charge in [-0.1, -0.05) is 32.6 Å². The highest BCUT2D eigenvalue weighted by molar-refractivity contribution is 7.98. The van der Waals surface area contributed by atoms with Crippen LogP contribution in [0.25, 0.3) is 0 Å². The summed E-state index contributed by atoms with van der Waals surface area (Å²) in [5.74, 6) is -0.0571. The Morgan fingerprint density at radius 3 is 2.25 bits per heavy atom. The second-order valence-electron chi connectivity index (χ2n) is 3.75. The molecule has 0 saturated carbocycles. The molecule has 0 aliphatic heterocycles. The molecule has 4 heteroatoms. The molecule has 0 saturated heterocycles. The van der Waals surface area contributed by atoms with Crippen LogP contribution >= 0.6 is 11.8 Å². The average Bonchev–Trinajstić information content (AvgIpc) is 2.26. The van der Waals surface area contributed by atoms with E-state index in [9.17, 15) is 9.59 Å². The summed E-state index contributed by atoms with van der Waals surface area (Å²) in [6, 6.07) is 0. The topological polar surface area (TPSA) is 43.4 Å². The molecule has 0 aromatic rings. The second-order valence-corrected chi connectivity index (χ2v) is 4.74. The summed E-state index contributed by atoms with van der Waals surface area (Å²) in [5, 5.41) is 0. The largest absolute Gasteiger partial charge is 0.393 e. The van der Waals surface area contributed by atoms with Gasteiger partial charge in [-0.25, -0.2) is 0 Å². The minimum atomic E-state index is -0.395. The van der Waals surface area contributed by atoms with Crippen LogP contribution in [-0.4, -0.2) is 23.9 Å². The van der Waals surface area contributed by atoms with Gasteiger partial charge in [-0.3, -0.25) is 9.59 Å². The van der Waals surface area contributed by atoms with Gasteiger partial charge in [-0.2, -0.15) is 11.8 Å². The lowest BCUT2D eigenvalue weighted by molar-refractivity contribution is -0.159. The Bertz CT molecular complexity index is 204. The predicted octanol–water partition coefficient (Wildman–Crippen LogP) is 3.17. The van der Waals surface area contributed by atoms with Crippen molar-refractivity contribution in [2.75, 3.05) is 12.0 Å². The maximum Gasteiger partial charge on any atom is 0.314 e. The Hall–Kier alpha value is -0.510. The van der Waals surface area contributed by atoms with Gasteiger partial charge >= 0.3 is 11.9 Å². The molecule has 0 atom stereocenters. The van der Waals surface area contributed by atoms with Gasteiger partial charge in [0, 0.05) is 12.2 Å². The highest BCUT2D eigenvalue weighted by Crippen LogP contribution is 2.06. The maximum absolute atomic E-state index is 11.2. The average molecular weight is 246 g/mol. The van der Waals surface area contributed by atoms with Crippen molar-refractivity contribution in [2.45, 2.75) is 51.9 Å². The zero-order chi connectivity index (χ0) is 12.2. The molecule has 0 unspecified atom stereocenters. The number of carbonyl (C=O) groups is 2. The molecular formula is C12H22O3S. The number of thioether (sulfide) groups is 1. The van der Waals surface area contributed by atoms with Gasteiger partial charge in [-0.15, -0.1) is 0 Å². The Kier molecular flexibility index (Phi) is 10.6. The smallest absolute Gasteiger partial charge is 0.314 e. The molecule has 0 aliphatic rings. The van der Waals surface area contributed by atoms with E-state index in [-0.39, 0.29) is 5.97 Å².